The number of fused-ring (bicyclic) bond motifs is 1. The van der Waals surface area contributed by atoms with Crippen molar-refractivity contribution < 1.29 is 23.8 Å². The summed E-state index contributed by atoms with van der Waals surface area (Å²) in [6.45, 7) is 1.48. The Morgan fingerprint density at radius 2 is 1.93 bits per heavy atom. The number of rotatable bonds is 5. The summed E-state index contributed by atoms with van der Waals surface area (Å²) >= 11 is 6.13. The standard InChI is InChI=1S/C19H19ClN2O5/c1-11-19(24)22(14-6-4-5-7-15(14)27-11)10-18(23)21-13-8-12(20)16(25-2)9-17(13)26-3/h4-9,11H,10H2,1-3H3,(H,21,23)/t11-/m1/s1. The highest BCUT2D eigenvalue weighted by molar-refractivity contribution is 6.32. The zero-order chi connectivity index (χ0) is 19.6. The van der Waals surface area contributed by atoms with Crippen molar-refractivity contribution in [1.29, 1.82) is 0 Å². The Kier molecular flexibility index (Phi) is 5.41. The summed E-state index contributed by atoms with van der Waals surface area (Å²) in [5.41, 5.74) is 0.936. The molecule has 7 nitrogen and oxygen atoms in total. The number of ether oxygens (including phenoxy) is 3. The molecule has 3 rings (SSSR count). The average Bonchev–Trinajstić information content (AvgIpc) is 2.65. The lowest BCUT2D eigenvalue weighted by atomic mass is 10.2. The molecule has 0 aliphatic carbocycles. The molecule has 1 atom stereocenters. The third kappa shape index (κ3) is 3.78. The second-order valence-electron chi connectivity index (χ2n) is 5.89. The van der Waals surface area contributed by atoms with E-state index in [1.165, 1.54) is 25.2 Å². The lowest BCUT2D eigenvalue weighted by Gasteiger charge is -2.32. The molecule has 2 aromatic carbocycles. The lowest BCUT2D eigenvalue weighted by Crippen LogP contribution is -2.47. The van der Waals surface area contributed by atoms with Gasteiger partial charge in [-0.3, -0.25) is 14.5 Å². The minimum Gasteiger partial charge on any atom is -0.495 e. The minimum absolute atomic E-state index is 0.170. The number of hydrogen-bond acceptors (Lipinski definition) is 5. The summed E-state index contributed by atoms with van der Waals surface area (Å²) in [5, 5.41) is 3.06. The van der Waals surface area contributed by atoms with Gasteiger partial charge in [0, 0.05) is 6.07 Å². The van der Waals surface area contributed by atoms with Crippen LogP contribution in [-0.2, 0) is 9.59 Å². The molecule has 0 unspecified atom stereocenters. The zero-order valence-corrected chi connectivity index (χ0v) is 15.9. The van der Waals surface area contributed by atoms with E-state index in [4.69, 9.17) is 25.8 Å². The molecule has 1 N–H and O–H groups in total. The molecule has 0 fully saturated rings. The summed E-state index contributed by atoms with van der Waals surface area (Å²) < 4.78 is 16.0. The van der Waals surface area contributed by atoms with Gasteiger partial charge in [-0.25, -0.2) is 0 Å². The van der Waals surface area contributed by atoms with Crippen molar-refractivity contribution in [1.82, 2.24) is 0 Å². The first-order chi connectivity index (χ1) is 12.9. The van der Waals surface area contributed by atoms with Crippen LogP contribution in [0.3, 0.4) is 0 Å². The van der Waals surface area contributed by atoms with E-state index in [1.54, 1.807) is 31.2 Å². The van der Waals surface area contributed by atoms with Gasteiger partial charge >= 0.3 is 0 Å². The first kappa shape index (κ1) is 18.8. The van der Waals surface area contributed by atoms with Gasteiger partial charge in [0.1, 0.15) is 23.8 Å². The Morgan fingerprint density at radius 3 is 2.63 bits per heavy atom. The molecule has 1 heterocycles. The van der Waals surface area contributed by atoms with Crippen molar-refractivity contribution in [2.75, 3.05) is 31.0 Å². The highest BCUT2D eigenvalue weighted by Crippen LogP contribution is 2.36. The normalized spacial score (nSPS) is 15.6. The van der Waals surface area contributed by atoms with Crippen molar-refractivity contribution in [3.05, 3.63) is 41.4 Å². The van der Waals surface area contributed by atoms with E-state index in [9.17, 15) is 9.59 Å². The molecule has 142 valence electrons. The number of para-hydroxylation sites is 2. The number of halogens is 1. The van der Waals surface area contributed by atoms with Crippen molar-refractivity contribution >= 4 is 34.8 Å². The number of methoxy groups -OCH3 is 2. The summed E-state index contributed by atoms with van der Waals surface area (Å²) in [5.74, 6) is 0.696. The van der Waals surface area contributed by atoms with Crippen molar-refractivity contribution in [2.45, 2.75) is 13.0 Å². The second kappa shape index (κ2) is 7.75. The van der Waals surface area contributed by atoms with E-state index in [1.807, 2.05) is 6.07 Å². The van der Waals surface area contributed by atoms with E-state index in [2.05, 4.69) is 5.32 Å². The Bertz CT molecular complexity index is 886. The minimum atomic E-state index is -0.669. The van der Waals surface area contributed by atoms with Crippen LogP contribution in [0.25, 0.3) is 0 Å². The molecule has 0 radical (unpaired) electrons. The molecule has 0 aromatic heterocycles. The van der Waals surface area contributed by atoms with Crippen LogP contribution in [-0.4, -0.2) is 38.7 Å². The Hall–Kier alpha value is -2.93. The van der Waals surface area contributed by atoms with Crippen LogP contribution in [0.1, 0.15) is 6.92 Å². The monoisotopic (exact) mass is 390 g/mol. The van der Waals surface area contributed by atoms with Gasteiger partial charge in [-0.2, -0.15) is 0 Å². The van der Waals surface area contributed by atoms with Gasteiger partial charge < -0.3 is 19.5 Å². The molecule has 2 aromatic rings. The Morgan fingerprint density at radius 1 is 1.22 bits per heavy atom. The fourth-order valence-electron chi connectivity index (χ4n) is 2.81. The first-order valence-electron chi connectivity index (χ1n) is 8.23. The van der Waals surface area contributed by atoms with Crippen LogP contribution >= 0.6 is 11.6 Å². The summed E-state index contributed by atoms with van der Waals surface area (Å²) in [7, 11) is 2.96. The molecule has 1 aliphatic heterocycles. The van der Waals surface area contributed by atoms with E-state index < -0.39 is 12.0 Å². The maximum atomic E-state index is 12.6. The van der Waals surface area contributed by atoms with Crippen LogP contribution < -0.4 is 24.4 Å². The van der Waals surface area contributed by atoms with Gasteiger partial charge in [-0.15, -0.1) is 0 Å². The number of carbonyl (C=O) groups is 2. The second-order valence-corrected chi connectivity index (χ2v) is 6.29. The molecule has 8 heteroatoms. The zero-order valence-electron chi connectivity index (χ0n) is 15.1. The molecule has 0 saturated carbocycles. The van der Waals surface area contributed by atoms with Crippen LogP contribution in [0.2, 0.25) is 5.02 Å². The Balaban J connectivity index is 1.82. The van der Waals surface area contributed by atoms with Gasteiger partial charge in [0.05, 0.1) is 30.6 Å². The van der Waals surface area contributed by atoms with Gasteiger partial charge in [0.25, 0.3) is 5.91 Å². The molecule has 0 saturated heterocycles. The summed E-state index contributed by atoms with van der Waals surface area (Å²) in [4.78, 5) is 26.5. The number of anilines is 2. The third-order valence-electron chi connectivity index (χ3n) is 4.12. The number of benzene rings is 2. The molecule has 1 aliphatic rings. The quantitative estimate of drug-likeness (QED) is 0.848. The van der Waals surface area contributed by atoms with Crippen LogP contribution in [0.15, 0.2) is 36.4 Å². The van der Waals surface area contributed by atoms with Gasteiger partial charge in [-0.05, 0) is 25.1 Å². The highest BCUT2D eigenvalue weighted by Gasteiger charge is 2.32. The van der Waals surface area contributed by atoms with Crippen molar-refractivity contribution in [3.8, 4) is 17.2 Å². The molecule has 0 spiro atoms. The van der Waals surface area contributed by atoms with E-state index >= 15 is 0 Å². The average molecular weight is 391 g/mol. The van der Waals surface area contributed by atoms with Crippen LogP contribution in [0.5, 0.6) is 17.2 Å². The fourth-order valence-corrected chi connectivity index (χ4v) is 3.05. The fraction of sp³-hybridized carbons (Fsp3) is 0.263. The van der Waals surface area contributed by atoms with E-state index in [-0.39, 0.29) is 12.5 Å². The van der Waals surface area contributed by atoms with Crippen LogP contribution in [0.4, 0.5) is 11.4 Å². The topological polar surface area (TPSA) is 77.1 Å². The van der Waals surface area contributed by atoms with E-state index in [0.717, 1.165) is 0 Å². The summed E-state index contributed by atoms with van der Waals surface area (Å²) in [6, 6.07) is 10.2. The molecular weight excluding hydrogens is 372 g/mol. The number of nitrogens with zero attached hydrogens (tertiary/aromatic N) is 1. The van der Waals surface area contributed by atoms with Crippen LogP contribution in [0, 0.1) is 0 Å². The maximum Gasteiger partial charge on any atom is 0.268 e. The number of nitrogens with one attached hydrogen (secondary N) is 1. The molecule has 0 bridgehead atoms. The first-order valence-corrected chi connectivity index (χ1v) is 8.60. The smallest absolute Gasteiger partial charge is 0.268 e. The third-order valence-corrected chi connectivity index (χ3v) is 4.42. The number of amides is 2. The van der Waals surface area contributed by atoms with Gasteiger partial charge in [0.15, 0.2) is 6.10 Å². The number of carbonyl (C=O) groups excluding carboxylic acids is 2. The summed E-state index contributed by atoms with van der Waals surface area (Å²) in [6.07, 6.45) is -0.669. The largest absolute Gasteiger partial charge is 0.495 e. The highest BCUT2D eigenvalue weighted by atomic mass is 35.5. The van der Waals surface area contributed by atoms with Crippen molar-refractivity contribution in [2.24, 2.45) is 0 Å². The predicted molar refractivity (Wildman–Crippen MR) is 102 cm³/mol. The molecule has 2 amide bonds. The lowest BCUT2D eigenvalue weighted by molar-refractivity contribution is -0.127. The number of hydrogen-bond donors (Lipinski definition) is 1. The van der Waals surface area contributed by atoms with E-state index in [0.29, 0.717) is 33.6 Å². The molecule has 27 heavy (non-hydrogen) atoms. The predicted octanol–water partition coefficient (Wildman–Crippen LogP) is 3.11. The Labute approximate surface area is 161 Å². The van der Waals surface area contributed by atoms with Gasteiger partial charge in [-0.1, -0.05) is 23.7 Å². The maximum absolute atomic E-state index is 12.6. The van der Waals surface area contributed by atoms with Crippen molar-refractivity contribution in [3.63, 3.8) is 0 Å². The SMILES string of the molecule is COc1cc(OC)c(NC(=O)CN2C(=O)[C@@H](C)Oc3ccccc32)cc1Cl. The molecular formula is C19H19ClN2O5. The van der Waals surface area contributed by atoms with Gasteiger partial charge in [0.2, 0.25) is 5.91 Å².